The standard InChI is InChI=1S/C6H5NO3S2/c7-6(8)4-1-2-11-5(3-4)12(9)10/h1-3H,(H2,7,8). The number of amides is 1. The predicted octanol–water partition coefficient (Wildman–Crippen LogP) is 0.258. The minimum absolute atomic E-state index is 0.103. The molecule has 4 nitrogen and oxygen atoms in total. The van der Waals surface area contributed by atoms with Gasteiger partial charge in [-0.2, -0.15) is 8.42 Å². The third kappa shape index (κ3) is 1.93. The molecule has 64 valence electrons. The van der Waals surface area contributed by atoms with Gasteiger partial charge in [-0.05, 0) is 17.5 Å². The van der Waals surface area contributed by atoms with Crippen LogP contribution in [-0.4, -0.2) is 14.3 Å². The lowest BCUT2D eigenvalue weighted by Gasteiger charge is -1.89. The van der Waals surface area contributed by atoms with Crippen LogP contribution in [0.2, 0.25) is 0 Å². The Morgan fingerprint density at radius 1 is 1.50 bits per heavy atom. The monoisotopic (exact) mass is 203 g/mol. The fourth-order valence-corrected chi connectivity index (χ4v) is 1.87. The molecule has 0 fully saturated rings. The highest BCUT2D eigenvalue weighted by molar-refractivity contribution is 7.66. The van der Waals surface area contributed by atoms with Gasteiger partial charge in [0.1, 0.15) is 3.82 Å². The summed E-state index contributed by atoms with van der Waals surface area (Å²) in [7, 11) is -2.30. The zero-order valence-corrected chi connectivity index (χ0v) is 7.48. The van der Waals surface area contributed by atoms with E-state index in [1.54, 1.807) is 0 Å². The van der Waals surface area contributed by atoms with Crippen LogP contribution in [0.1, 0.15) is 10.4 Å². The molecule has 0 saturated carbocycles. The number of carbonyl (C=O) groups is 1. The molecule has 0 aliphatic carbocycles. The van der Waals surface area contributed by atoms with Crippen molar-refractivity contribution in [2.75, 3.05) is 0 Å². The quantitative estimate of drug-likeness (QED) is 0.665. The zero-order chi connectivity index (χ0) is 9.14. The van der Waals surface area contributed by atoms with Crippen molar-refractivity contribution in [1.82, 2.24) is 0 Å². The van der Waals surface area contributed by atoms with Gasteiger partial charge in [0, 0.05) is 5.56 Å². The fraction of sp³-hybridized carbons (Fsp3) is 0. The van der Waals surface area contributed by atoms with Gasteiger partial charge in [-0.15, -0.1) is 11.3 Å². The van der Waals surface area contributed by atoms with Crippen LogP contribution >= 0.6 is 11.3 Å². The highest BCUT2D eigenvalue weighted by atomic mass is 32.2. The lowest BCUT2D eigenvalue weighted by atomic mass is 10.3. The van der Waals surface area contributed by atoms with E-state index in [9.17, 15) is 13.2 Å². The first-order chi connectivity index (χ1) is 5.61. The molecule has 0 atom stereocenters. The van der Waals surface area contributed by atoms with Gasteiger partial charge in [0.25, 0.3) is 0 Å². The molecule has 1 rings (SSSR count). The second-order valence-electron chi connectivity index (χ2n) is 1.94. The topological polar surface area (TPSA) is 77.2 Å². The minimum atomic E-state index is -2.30. The summed E-state index contributed by atoms with van der Waals surface area (Å²) in [5, 5.41) is 1.51. The van der Waals surface area contributed by atoms with E-state index >= 15 is 0 Å². The highest BCUT2D eigenvalue weighted by Gasteiger charge is 1.98. The van der Waals surface area contributed by atoms with Gasteiger partial charge >= 0.3 is 0 Å². The highest BCUT2D eigenvalue weighted by Crippen LogP contribution is 2.03. The Hall–Kier alpha value is -1.14. The molecule has 2 N–H and O–H groups in total. The molecule has 0 aliphatic rings. The van der Waals surface area contributed by atoms with Crippen LogP contribution in [0.3, 0.4) is 0 Å². The summed E-state index contributed by atoms with van der Waals surface area (Å²) in [4.78, 5) is 10.6. The lowest BCUT2D eigenvalue weighted by Crippen LogP contribution is -2.10. The van der Waals surface area contributed by atoms with Crippen LogP contribution in [0, 0.1) is 3.82 Å². The van der Waals surface area contributed by atoms with Crippen LogP contribution in [0.15, 0.2) is 17.5 Å². The molecule has 0 saturated heterocycles. The second kappa shape index (κ2) is 3.51. The Labute approximate surface area is 73.8 Å². The Bertz CT molecular complexity index is 464. The molecule has 12 heavy (non-hydrogen) atoms. The van der Waals surface area contributed by atoms with Crippen LogP contribution in [0.5, 0.6) is 0 Å². The van der Waals surface area contributed by atoms with Crippen molar-refractivity contribution in [3.63, 3.8) is 0 Å². The average molecular weight is 203 g/mol. The third-order valence-electron chi connectivity index (χ3n) is 1.15. The number of carbonyl (C=O) groups excluding carboxylic acids is 1. The smallest absolute Gasteiger partial charge is 0.248 e. The molecule has 1 amide bonds. The van der Waals surface area contributed by atoms with Crippen LogP contribution in [0.4, 0.5) is 0 Å². The van der Waals surface area contributed by atoms with Gasteiger partial charge in [-0.1, -0.05) is 0 Å². The molecule has 0 aromatic carbocycles. The molecule has 6 heteroatoms. The van der Waals surface area contributed by atoms with E-state index in [0.717, 1.165) is 11.3 Å². The summed E-state index contributed by atoms with van der Waals surface area (Å²) in [5.41, 5.74) is 5.15. The van der Waals surface area contributed by atoms with Gasteiger partial charge < -0.3 is 5.73 Å². The molecule has 0 spiro atoms. The molecule has 0 bridgehead atoms. The van der Waals surface area contributed by atoms with Gasteiger partial charge in [0.15, 0.2) is 0 Å². The summed E-state index contributed by atoms with van der Waals surface area (Å²) >= 11 is 1.03. The maximum Gasteiger partial charge on any atom is 0.248 e. The molecular weight excluding hydrogens is 198 g/mol. The summed E-state index contributed by atoms with van der Waals surface area (Å²) in [6.45, 7) is 0. The van der Waals surface area contributed by atoms with E-state index in [-0.39, 0.29) is 9.39 Å². The SMILES string of the molecule is NC(=O)c1ccsc(=S(=O)=O)c1. The molecule has 1 aromatic heterocycles. The van der Waals surface area contributed by atoms with E-state index in [1.165, 1.54) is 17.5 Å². The van der Waals surface area contributed by atoms with Gasteiger partial charge in [0.05, 0.1) is 0 Å². The lowest BCUT2D eigenvalue weighted by molar-refractivity contribution is 0.100. The summed E-state index contributed by atoms with van der Waals surface area (Å²) in [6.07, 6.45) is 0. The Morgan fingerprint density at radius 3 is 2.67 bits per heavy atom. The van der Waals surface area contributed by atoms with E-state index < -0.39 is 16.2 Å². The van der Waals surface area contributed by atoms with E-state index in [0.29, 0.717) is 0 Å². The minimum Gasteiger partial charge on any atom is -0.366 e. The Balaban J connectivity index is 3.53. The summed E-state index contributed by atoms with van der Waals surface area (Å²) in [6, 6.07) is 2.72. The van der Waals surface area contributed by atoms with Crippen LogP contribution < -0.4 is 5.73 Å². The molecule has 0 unspecified atom stereocenters. The van der Waals surface area contributed by atoms with Crippen molar-refractivity contribution >= 4 is 27.5 Å². The van der Waals surface area contributed by atoms with Gasteiger partial charge in [-0.3, -0.25) is 4.79 Å². The molecule has 0 aliphatic heterocycles. The fourth-order valence-electron chi connectivity index (χ4n) is 0.624. The average Bonchev–Trinajstić information content (AvgIpc) is 2.04. The number of primary amides is 1. The maximum atomic E-state index is 10.6. The van der Waals surface area contributed by atoms with Crippen molar-refractivity contribution in [3.05, 3.63) is 26.9 Å². The van der Waals surface area contributed by atoms with Gasteiger partial charge in [-0.25, -0.2) is 0 Å². The maximum absolute atomic E-state index is 10.6. The van der Waals surface area contributed by atoms with Crippen LogP contribution in [0.25, 0.3) is 0 Å². The first-order valence-electron chi connectivity index (χ1n) is 2.92. The summed E-state index contributed by atoms with van der Waals surface area (Å²) < 4.78 is 21.0. The number of nitrogens with two attached hydrogens (primary N) is 1. The van der Waals surface area contributed by atoms with Crippen molar-refractivity contribution in [2.24, 2.45) is 5.73 Å². The second-order valence-corrected chi connectivity index (χ2v) is 4.05. The van der Waals surface area contributed by atoms with Crippen molar-refractivity contribution < 1.29 is 13.2 Å². The Kier molecular flexibility index (Phi) is 2.61. The predicted molar refractivity (Wildman–Crippen MR) is 45.0 cm³/mol. The van der Waals surface area contributed by atoms with Gasteiger partial charge in [0.2, 0.25) is 16.2 Å². The molecule has 1 heterocycles. The van der Waals surface area contributed by atoms with E-state index in [1.807, 2.05) is 0 Å². The Morgan fingerprint density at radius 2 is 2.17 bits per heavy atom. The summed E-state index contributed by atoms with van der Waals surface area (Å²) in [5.74, 6) is -0.630. The first kappa shape index (κ1) is 8.95. The number of hydrogen-bond donors (Lipinski definition) is 1. The van der Waals surface area contributed by atoms with E-state index in [2.05, 4.69) is 0 Å². The molecule has 1 aromatic rings. The van der Waals surface area contributed by atoms with Crippen molar-refractivity contribution in [2.45, 2.75) is 0 Å². The molecule has 0 radical (unpaired) electrons. The molecular formula is C6H5NO3S2. The van der Waals surface area contributed by atoms with E-state index in [4.69, 9.17) is 5.73 Å². The normalized spacial score (nSPS) is 9.33. The number of hydrogen-bond acceptors (Lipinski definition) is 4. The van der Waals surface area contributed by atoms with Crippen LogP contribution in [-0.2, 0) is 10.3 Å². The van der Waals surface area contributed by atoms with Crippen molar-refractivity contribution in [3.8, 4) is 0 Å². The van der Waals surface area contributed by atoms with Crippen molar-refractivity contribution in [1.29, 1.82) is 0 Å². The third-order valence-corrected chi connectivity index (χ3v) is 2.92. The first-order valence-corrected chi connectivity index (χ1v) is 4.87. The largest absolute Gasteiger partial charge is 0.366 e. The zero-order valence-electron chi connectivity index (χ0n) is 5.85. The number of rotatable bonds is 1.